The summed E-state index contributed by atoms with van der Waals surface area (Å²) in [6.45, 7) is 8.92. The van der Waals surface area contributed by atoms with E-state index in [1.165, 1.54) is 11.1 Å². The van der Waals surface area contributed by atoms with Gasteiger partial charge in [0, 0.05) is 21.7 Å². The molecule has 1 aromatic carbocycles. The molecule has 20 heavy (non-hydrogen) atoms. The molecule has 2 rings (SSSR count). The zero-order chi connectivity index (χ0) is 13.9. The summed E-state index contributed by atoms with van der Waals surface area (Å²) in [6, 6.07) is 8.47. The quantitative estimate of drug-likeness (QED) is 0.543. The molecule has 1 aliphatic rings. The predicted molar refractivity (Wildman–Crippen MR) is 84.0 cm³/mol. The molecule has 1 unspecified atom stereocenters. The van der Waals surface area contributed by atoms with E-state index in [1.807, 2.05) is 0 Å². The van der Waals surface area contributed by atoms with Gasteiger partial charge in [-0.15, -0.1) is 6.42 Å². The van der Waals surface area contributed by atoms with Gasteiger partial charge in [-0.1, -0.05) is 25.1 Å². The van der Waals surface area contributed by atoms with Crippen LogP contribution in [0.3, 0.4) is 0 Å². The van der Waals surface area contributed by atoms with Gasteiger partial charge >= 0.3 is 0 Å². The fourth-order valence-electron chi connectivity index (χ4n) is 2.46. The van der Waals surface area contributed by atoms with Crippen molar-refractivity contribution >= 4 is 8.32 Å². The Morgan fingerprint density at radius 3 is 2.50 bits per heavy atom. The van der Waals surface area contributed by atoms with Gasteiger partial charge in [0.05, 0.1) is 0 Å². The van der Waals surface area contributed by atoms with E-state index in [4.69, 9.17) is 4.43 Å². The molecule has 0 N–H and O–H groups in total. The first-order valence-corrected chi connectivity index (χ1v) is 10.5. The van der Waals surface area contributed by atoms with Crippen molar-refractivity contribution in [3.8, 4) is 5.75 Å². The summed E-state index contributed by atoms with van der Waals surface area (Å²) in [6.07, 6.45) is 9.88. The maximum Gasteiger partial charge on any atom is 0.242 e. The van der Waals surface area contributed by atoms with Crippen LogP contribution in [0, 0.1) is 6.08 Å². The SMILES string of the molecule is CCC(C1=[C-]CC=C1)c1ccccc1O[Si](C)(C)C.[Ti]. The van der Waals surface area contributed by atoms with Crippen LogP contribution in [0.15, 0.2) is 42.0 Å². The molecule has 106 valence electrons. The first-order chi connectivity index (χ1) is 9.01. The average Bonchev–Trinajstić information content (AvgIpc) is 2.84. The summed E-state index contributed by atoms with van der Waals surface area (Å²) in [7, 11) is -1.58. The monoisotopic (exact) mass is 319 g/mol. The van der Waals surface area contributed by atoms with Crippen molar-refractivity contribution in [2.24, 2.45) is 0 Å². The van der Waals surface area contributed by atoms with E-state index in [2.05, 4.69) is 69.1 Å². The summed E-state index contributed by atoms with van der Waals surface area (Å²) in [5.74, 6) is 1.47. The third-order valence-corrected chi connectivity index (χ3v) is 4.05. The standard InChI is InChI=1S/C17H23OSi.Ti/c1-5-15(14-10-6-7-11-14)16-12-8-9-13-17(16)18-19(2,3)4;/h6,8-10,12-13,15H,5,7H2,1-4H3;/q-1;. The molecule has 1 aromatic rings. The average molecular weight is 319 g/mol. The first kappa shape index (κ1) is 17.5. The summed E-state index contributed by atoms with van der Waals surface area (Å²) in [4.78, 5) is 0. The maximum absolute atomic E-state index is 6.25. The molecule has 0 amide bonds. The Labute approximate surface area is 139 Å². The molecule has 0 radical (unpaired) electrons. The molecule has 1 nitrogen and oxygen atoms in total. The molecule has 1 aliphatic carbocycles. The predicted octanol–water partition coefficient (Wildman–Crippen LogP) is 5.08. The molecule has 0 aliphatic heterocycles. The van der Waals surface area contributed by atoms with Crippen LogP contribution in [0.25, 0.3) is 0 Å². The second-order valence-electron chi connectivity index (χ2n) is 5.95. The minimum atomic E-state index is -1.58. The molecular formula is C17H23OSiTi-. The smallest absolute Gasteiger partial charge is 0.242 e. The zero-order valence-corrected chi connectivity index (χ0v) is 15.4. The van der Waals surface area contributed by atoms with E-state index in [0.29, 0.717) is 5.92 Å². The van der Waals surface area contributed by atoms with Gasteiger partial charge in [-0.25, -0.2) is 11.6 Å². The second kappa shape index (κ2) is 7.44. The van der Waals surface area contributed by atoms with Gasteiger partial charge < -0.3 is 4.43 Å². The van der Waals surface area contributed by atoms with Crippen LogP contribution in [0.4, 0.5) is 0 Å². The van der Waals surface area contributed by atoms with Gasteiger partial charge in [0.15, 0.2) is 0 Å². The fourth-order valence-corrected chi connectivity index (χ4v) is 3.31. The Morgan fingerprint density at radius 2 is 1.95 bits per heavy atom. The second-order valence-corrected chi connectivity index (χ2v) is 10.4. The van der Waals surface area contributed by atoms with E-state index in [-0.39, 0.29) is 21.7 Å². The van der Waals surface area contributed by atoms with Crippen LogP contribution in [-0.4, -0.2) is 8.32 Å². The van der Waals surface area contributed by atoms with Crippen molar-refractivity contribution in [2.45, 2.75) is 45.3 Å². The minimum absolute atomic E-state index is 0. The number of allylic oxidation sites excluding steroid dienone is 4. The molecule has 0 saturated heterocycles. The Bertz CT molecular complexity index is 500. The molecule has 0 spiro atoms. The van der Waals surface area contributed by atoms with Gasteiger partial charge in [0.1, 0.15) is 5.75 Å². The molecule has 1 atom stereocenters. The van der Waals surface area contributed by atoms with Crippen molar-refractivity contribution in [1.82, 2.24) is 0 Å². The van der Waals surface area contributed by atoms with Crippen LogP contribution in [0.5, 0.6) is 5.75 Å². The Balaban J connectivity index is 0.00000200. The van der Waals surface area contributed by atoms with Crippen molar-refractivity contribution in [2.75, 3.05) is 0 Å². The van der Waals surface area contributed by atoms with Gasteiger partial charge in [0.25, 0.3) is 0 Å². The van der Waals surface area contributed by atoms with Crippen LogP contribution < -0.4 is 4.43 Å². The third kappa shape index (κ3) is 4.47. The number of benzene rings is 1. The number of para-hydroxylation sites is 1. The van der Waals surface area contributed by atoms with E-state index in [1.54, 1.807) is 0 Å². The minimum Gasteiger partial charge on any atom is -0.544 e. The van der Waals surface area contributed by atoms with Gasteiger partial charge in [-0.3, -0.25) is 6.08 Å². The van der Waals surface area contributed by atoms with Gasteiger partial charge in [-0.2, -0.15) is 6.08 Å². The maximum atomic E-state index is 6.25. The topological polar surface area (TPSA) is 9.23 Å². The molecule has 0 heterocycles. The molecular weight excluding hydrogens is 296 g/mol. The van der Waals surface area contributed by atoms with E-state index in [0.717, 1.165) is 18.6 Å². The molecule has 0 bridgehead atoms. The Hall–Kier alpha value is -0.569. The van der Waals surface area contributed by atoms with Gasteiger partial charge in [-0.05, 0) is 43.6 Å². The van der Waals surface area contributed by atoms with Gasteiger partial charge in [0.2, 0.25) is 8.32 Å². The normalized spacial score (nSPS) is 15.5. The zero-order valence-electron chi connectivity index (χ0n) is 12.9. The summed E-state index contributed by atoms with van der Waals surface area (Å²) < 4.78 is 6.25. The van der Waals surface area contributed by atoms with Crippen molar-refractivity contribution < 1.29 is 26.1 Å². The number of hydrogen-bond donors (Lipinski definition) is 0. The van der Waals surface area contributed by atoms with Crippen LogP contribution in [-0.2, 0) is 21.7 Å². The third-order valence-electron chi connectivity index (χ3n) is 3.22. The van der Waals surface area contributed by atoms with Crippen molar-refractivity contribution in [1.29, 1.82) is 0 Å². The first-order valence-electron chi connectivity index (χ1n) is 7.06. The fraction of sp³-hybridized carbons (Fsp3) is 0.412. The van der Waals surface area contributed by atoms with E-state index in [9.17, 15) is 0 Å². The number of hydrogen-bond acceptors (Lipinski definition) is 1. The van der Waals surface area contributed by atoms with Crippen LogP contribution >= 0.6 is 0 Å². The largest absolute Gasteiger partial charge is 0.544 e. The van der Waals surface area contributed by atoms with Crippen LogP contribution in [0.1, 0.15) is 31.2 Å². The summed E-state index contributed by atoms with van der Waals surface area (Å²) in [5.41, 5.74) is 2.62. The molecule has 0 saturated carbocycles. The Morgan fingerprint density at radius 1 is 1.25 bits per heavy atom. The molecule has 3 heteroatoms. The summed E-state index contributed by atoms with van der Waals surface area (Å²) >= 11 is 0. The van der Waals surface area contributed by atoms with Crippen LogP contribution in [0.2, 0.25) is 19.6 Å². The Kier molecular flexibility index (Phi) is 6.51. The van der Waals surface area contributed by atoms with Crippen molar-refractivity contribution in [3.05, 3.63) is 53.6 Å². The number of rotatable bonds is 5. The molecule has 0 aromatic heterocycles. The van der Waals surface area contributed by atoms with Crippen molar-refractivity contribution in [3.63, 3.8) is 0 Å². The van der Waals surface area contributed by atoms with E-state index >= 15 is 0 Å². The van der Waals surface area contributed by atoms with E-state index < -0.39 is 8.32 Å². The molecule has 0 fully saturated rings. The summed E-state index contributed by atoms with van der Waals surface area (Å²) in [5, 5.41) is 0.